The first-order chi connectivity index (χ1) is 11.4. The van der Waals surface area contributed by atoms with Crippen molar-refractivity contribution < 1.29 is 9.59 Å². The zero-order valence-corrected chi connectivity index (χ0v) is 14.3. The lowest BCUT2D eigenvalue weighted by Gasteiger charge is -2.18. The highest BCUT2D eigenvalue weighted by atomic mass is 35.5. The van der Waals surface area contributed by atoms with Gasteiger partial charge in [0.15, 0.2) is 0 Å². The van der Waals surface area contributed by atoms with E-state index in [1.165, 1.54) is 4.68 Å². The molecule has 3 rings (SSSR count). The summed E-state index contributed by atoms with van der Waals surface area (Å²) in [7, 11) is 1.71. The van der Waals surface area contributed by atoms with E-state index in [0.717, 1.165) is 24.1 Å². The van der Waals surface area contributed by atoms with Gasteiger partial charge in [-0.1, -0.05) is 23.7 Å². The molecule has 1 saturated carbocycles. The Hall–Kier alpha value is -2.34. The molecule has 2 N–H and O–H groups in total. The first-order valence-corrected chi connectivity index (χ1v) is 8.20. The number of hydrogen-bond donors (Lipinski definition) is 2. The van der Waals surface area contributed by atoms with Crippen molar-refractivity contribution in [2.45, 2.75) is 25.8 Å². The molecule has 0 aliphatic heterocycles. The van der Waals surface area contributed by atoms with Crippen LogP contribution in [0.25, 0.3) is 0 Å². The minimum Gasteiger partial charge on any atom is -0.341 e. The van der Waals surface area contributed by atoms with Crippen LogP contribution < -0.4 is 10.6 Å². The van der Waals surface area contributed by atoms with Crippen LogP contribution in [0.5, 0.6) is 0 Å². The lowest BCUT2D eigenvalue weighted by molar-refractivity contribution is -0.136. The molecule has 1 atom stereocenters. The number of carbonyl (C=O) groups is 2. The number of carbonyl (C=O) groups excluding carboxylic acids is 2. The SMILES string of the molecule is Cc1cc(NC(=O)C(=O)N[C@@H](c2ccc(Cl)cc2)C2CC2)n(C)n1. The fraction of sp³-hybridized carbons (Fsp3) is 0.353. The normalized spacial score (nSPS) is 15.0. The Morgan fingerprint density at radius 1 is 1.25 bits per heavy atom. The zero-order chi connectivity index (χ0) is 17.3. The number of aryl methyl sites for hydroxylation is 2. The van der Waals surface area contributed by atoms with Crippen LogP contribution in [0.1, 0.15) is 30.1 Å². The number of hydrogen-bond acceptors (Lipinski definition) is 3. The van der Waals surface area contributed by atoms with Crippen LogP contribution in [0.2, 0.25) is 5.02 Å². The highest BCUT2D eigenvalue weighted by molar-refractivity contribution is 6.39. The molecule has 1 heterocycles. The van der Waals surface area contributed by atoms with Gasteiger partial charge in [-0.25, -0.2) is 0 Å². The van der Waals surface area contributed by atoms with Gasteiger partial charge in [0.2, 0.25) is 0 Å². The van der Waals surface area contributed by atoms with E-state index in [4.69, 9.17) is 11.6 Å². The van der Waals surface area contributed by atoms with Gasteiger partial charge in [0.25, 0.3) is 0 Å². The summed E-state index contributed by atoms with van der Waals surface area (Å²) in [5.41, 5.74) is 1.73. The molecule has 1 fully saturated rings. The second-order valence-electron chi connectivity index (χ2n) is 6.09. The van der Waals surface area contributed by atoms with E-state index >= 15 is 0 Å². The molecule has 1 aromatic heterocycles. The number of rotatable bonds is 4. The van der Waals surface area contributed by atoms with Gasteiger partial charge < -0.3 is 10.6 Å². The third kappa shape index (κ3) is 3.76. The lowest BCUT2D eigenvalue weighted by Crippen LogP contribution is -2.38. The van der Waals surface area contributed by atoms with Gasteiger partial charge in [0.1, 0.15) is 5.82 Å². The van der Waals surface area contributed by atoms with Crippen LogP contribution in [-0.4, -0.2) is 21.6 Å². The maximum absolute atomic E-state index is 12.3. The molecule has 24 heavy (non-hydrogen) atoms. The van der Waals surface area contributed by atoms with Crippen LogP contribution in [0.3, 0.4) is 0 Å². The summed E-state index contributed by atoms with van der Waals surface area (Å²) in [6, 6.07) is 8.88. The van der Waals surface area contributed by atoms with Crippen LogP contribution in [0, 0.1) is 12.8 Å². The minimum atomic E-state index is -0.697. The first kappa shape index (κ1) is 16.5. The van der Waals surface area contributed by atoms with E-state index in [-0.39, 0.29) is 6.04 Å². The quantitative estimate of drug-likeness (QED) is 0.835. The standard InChI is InChI=1S/C17H19ClN4O2/c1-10-9-14(22(2)21-10)19-16(23)17(24)20-15(11-3-4-11)12-5-7-13(18)8-6-12/h5-9,11,15H,3-4H2,1-2H3,(H,19,23)(H,20,24)/t15-/m1/s1. The number of nitrogens with one attached hydrogen (secondary N) is 2. The second-order valence-corrected chi connectivity index (χ2v) is 6.53. The van der Waals surface area contributed by atoms with E-state index in [1.54, 1.807) is 25.2 Å². The average molecular weight is 347 g/mol. The summed E-state index contributed by atoms with van der Waals surface area (Å²) < 4.78 is 1.53. The number of amides is 2. The average Bonchev–Trinajstić information content (AvgIpc) is 3.32. The molecule has 6 nitrogen and oxygen atoms in total. The Labute approximate surface area is 145 Å². The topological polar surface area (TPSA) is 76.0 Å². The van der Waals surface area contributed by atoms with E-state index in [0.29, 0.717) is 16.8 Å². The molecular weight excluding hydrogens is 328 g/mol. The molecular formula is C17H19ClN4O2. The van der Waals surface area contributed by atoms with Crippen molar-refractivity contribution in [2.24, 2.45) is 13.0 Å². The molecule has 0 bridgehead atoms. The summed E-state index contributed by atoms with van der Waals surface area (Å²) in [6.45, 7) is 1.82. The van der Waals surface area contributed by atoms with Crippen molar-refractivity contribution in [1.82, 2.24) is 15.1 Å². The van der Waals surface area contributed by atoms with Crippen molar-refractivity contribution in [3.8, 4) is 0 Å². The van der Waals surface area contributed by atoms with Crippen molar-refractivity contribution in [2.75, 3.05) is 5.32 Å². The zero-order valence-electron chi connectivity index (χ0n) is 13.5. The van der Waals surface area contributed by atoms with E-state index in [1.807, 2.05) is 19.1 Å². The van der Waals surface area contributed by atoms with Gasteiger partial charge in [-0.2, -0.15) is 5.10 Å². The molecule has 7 heteroatoms. The molecule has 126 valence electrons. The van der Waals surface area contributed by atoms with Crippen LogP contribution in [0.4, 0.5) is 5.82 Å². The maximum Gasteiger partial charge on any atom is 0.314 e. The van der Waals surface area contributed by atoms with Crippen molar-refractivity contribution in [3.63, 3.8) is 0 Å². The smallest absolute Gasteiger partial charge is 0.314 e. The predicted octanol–water partition coefficient (Wildman–Crippen LogP) is 2.59. The van der Waals surface area contributed by atoms with Gasteiger partial charge in [0, 0.05) is 18.1 Å². The van der Waals surface area contributed by atoms with E-state index < -0.39 is 11.8 Å². The summed E-state index contributed by atoms with van der Waals surface area (Å²) >= 11 is 5.92. The van der Waals surface area contributed by atoms with E-state index in [9.17, 15) is 9.59 Å². The number of aromatic nitrogens is 2. The third-order valence-electron chi connectivity index (χ3n) is 4.06. The van der Waals surface area contributed by atoms with Crippen LogP contribution in [-0.2, 0) is 16.6 Å². The third-order valence-corrected chi connectivity index (χ3v) is 4.31. The number of anilines is 1. The van der Waals surface area contributed by atoms with Gasteiger partial charge in [-0.05, 0) is 43.4 Å². The highest BCUT2D eigenvalue weighted by Gasteiger charge is 2.34. The maximum atomic E-state index is 12.3. The van der Waals surface area contributed by atoms with E-state index in [2.05, 4.69) is 15.7 Å². The van der Waals surface area contributed by atoms with Crippen molar-refractivity contribution in [1.29, 1.82) is 0 Å². The highest BCUT2D eigenvalue weighted by Crippen LogP contribution is 2.41. The second kappa shape index (κ2) is 6.65. The summed E-state index contributed by atoms with van der Waals surface area (Å²) in [6.07, 6.45) is 2.08. The Morgan fingerprint density at radius 2 is 1.92 bits per heavy atom. The van der Waals surface area contributed by atoms with Gasteiger partial charge >= 0.3 is 11.8 Å². The molecule has 1 aliphatic rings. The number of halogens is 1. The summed E-state index contributed by atoms with van der Waals surface area (Å²) in [5.74, 6) is -0.498. The van der Waals surface area contributed by atoms with Crippen LogP contribution >= 0.6 is 11.6 Å². The van der Waals surface area contributed by atoms with Crippen molar-refractivity contribution >= 4 is 29.2 Å². The molecule has 2 aromatic rings. The lowest BCUT2D eigenvalue weighted by atomic mass is 10.0. The molecule has 0 saturated heterocycles. The molecule has 1 aromatic carbocycles. The largest absolute Gasteiger partial charge is 0.341 e. The molecule has 0 radical (unpaired) electrons. The summed E-state index contributed by atoms with van der Waals surface area (Å²) in [5, 5.41) is 10.2. The number of benzene rings is 1. The first-order valence-electron chi connectivity index (χ1n) is 7.82. The molecule has 0 unspecified atom stereocenters. The van der Waals surface area contributed by atoms with Gasteiger partial charge in [0.05, 0.1) is 11.7 Å². The molecule has 0 spiro atoms. The predicted molar refractivity (Wildman–Crippen MR) is 91.6 cm³/mol. The molecule has 2 amide bonds. The van der Waals surface area contributed by atoms with Crippen LogP contribution in [0.15, 0.2) is 30.3 Å². The summed E-state index contributed by atoms with van der Waals surface area (Å²) in [4.78, 5) is 24.4. The Bertz CT molecular complexity index is 765. The van der Waals surface area contributed by atoms with Crippen molar-refractivity contribution in [3.05, 3.63) is 46.6 Å². The van der Waals surface area contributed by atoms with Gasteiger partial charge in [-0.3, -0.25) is 14.3 Å². The minimum absolute atomic E-state index is 0.172. The Balaban J connectivity index is 1.68. The fourth-order valence-electron chi connectivity index (χ4n) is 2.68. The Kier molecular flexibility index (Phi) is 4.57. The molecule has 1 aliphatic carbocycles. The van der Waals surface area contributed by atoms with Gasteiger partial charge in [-0.15, -0.1) is 0 Å². The Morgan fingerprint density at radius 3 is 2.46 bits per heavy atom. The number of nitrogens with zero attached hydrogens (tertiary/aromatic N) is 2. The monoisotopic (exact) mass is 346 g/mol. The fourth-order valence-corrected chi connectivity index (χ4v) is 2.81.